The first-order chi connectivity index (χ1) is 8.69. The highest BCUT2D eigenvalue weighted by Gasteiger charge is 2.03. The first-order valence-corrected chi connectivity index (χ1v) is 6.90. The molecule has 4 heteroatoms. The van der Waals surface area contributed by atoms with Crippen LogP contribution >= 0.6 is 11.3 Å². The van der Waals surface area contributed by atoms with Crippen molar-refractivity contribution in [3.05, 3.63) is 40.4 Å². The minimum absolute atomic E-state index is 0.696. The van der Waals surface area contributed by atoms with E-state index in [-0.39, 0.29) is 0 Å². The van der Waals surface area contributed by atoms with Crippen molar-refractivity contribution in [1.29, 1.82) is 0 Å². The molecular weight excluding hydrogens is 244 g/mol. The van der Waals surface area contributed by atoms with E-state index in [1.54, 1.807) is 11.3 Å². The molecule has 0 aliphatic carbocycles. The van der Waals surface area contributed by atoms with Gasteiger partial charge in [0, 0.05) is 11.4 Å². The van der Waals surface area contributed by atoms with E-state index >= 15 is 0 Å². The number of aromatic nitrogens is 1. The molecule has 0 aliphatic rings. The number of nitrogens with zero attached hydrogens (tertiary/aromatic N) is 1. The van der Waals surface area contributed by atoms with Gasteiger partial charge in [-0.3, -0.25) is 0 Å². The van der Waals surface area contributed by atoms with Gasteiger partial charge in [0.2, 0.25) is 0 Å². The number of thiazole rings is 1. The number of rotatable bonds is 5. The number of ether oxygens (including phenoxy) is 1. The molecule has 1 N–H and O–H groups in total. The molecule has 0 bridgehead atoms. The summed E-state index contributed by atoms with van der Waals surface area (Å²) in [6, 6.07) is 8.14. The summed E-state index contributed by atoms with van der Waals surface area (Å²) in [4.78, 5) is 5.72. The lowest BCUT2D eigenvalue weighted by molar-refractivity contribution is 0.340. The van der Waals surface area contributed by atoms with Gasteiger partial charge in [-0.05, 0) is 38.5 Å². The molecule has 0 saturated heterocycles. The largest absolute Gasteiger partial charge is 0.494 e. The van der Waals surface area contributed by atoms with Gasteiger partial charge >= 0.3 is 0 Å². The molecule has 0 saturated carbocycles. The minimum atomic E-state index is 0.696. The van der Waals surface area contributed by atoms with Crippen molar-refractivity contribution in [2.75, 3.05) is 11.9 Å². The number of hydrogen-bond donors (Lipinski definition) is 1. The van der Waals surface area contributed by atoms with Crippen molar-refractivity contribution in [3.63, 3.8) is 0 Å². The highest BCUT2D eigenvalue weighted by atomic mass is 32.1. The molecular formula is C14H18N2OS. The van der Waals surface area contributed by atoms with Crippen LogP contribution in [0.4, 0.5) is 5.13 Å². The second kappa shape index (κ2) is 5.87. The average Bonchev–Trinajstić information content (AvgIpc) is 2.67. The molecule has 0 spiro atoms. The molecule has 2 rings (SSSR count). The van der Waals surface area contributed by atoms with Crippen molar-refractivity contribution in [2.24, 2.45) is 0 Å². The van der Waals surface area contributed by atoms with Gasteiger partial charge in [-0.1, -0.05) is 12.1 Å². The summed E-state index contributed by atoms with van der Waals surface area (Å²) in [5.41, 5.74) is 2.30. The maximum Gasteiger partial charge on any atom is 0.183 e. The van der Waals surface area contributed by atoms with Crippen molar-refractivity contribution >= 4 is 16.5 Å². The smallest absolute Gasteiger partial charge is 0.183 e. The quantitative estimate of drug-likeness (QED) is 0.890. The van der Waals surface area contributed by atoms with Crippen molar-refractivity contribution < 1.29 is 4.74 Å². The maximum absolute atomic E-state index is 5.48. The standard InChI is InChI=1S/C14H18N2OS/c1-4-17-13-7-5-6-12(8-13)9-15-14-16-10(2)11(3)18-14/h5-8H,4,9H2,1-3H3,(H,15,16). The van der Waals surface area contributed by atoms with Crippen LogP contribution in [0.15, 0.2) is 24.3 Å². The lowest BCUT2D eigenvalue weighted by atomic mass is 10.2. The fourth-order valence-electron chi connectivity index (χ4n) is 1.64. The lowest BCUT2D eigenvalue weighted by Crippen LogP contribution is -1.99. The normalized spacial score (nSPS) is 10.4. The second-order valence-electron chi connectivity index (χ2n) is 4.09. The Balaban J connectivity index is 1.99. The third-order valence-corrected chi connectivity index (χ3v) is 3.71. The third-order valence-electron chi connectivity index (χ3n) is 2.68. The second-order valence-corrected chi connectivity index (χ2v) is 5.30. The van der Waals surface area contributed by atoms with Gasteiger partial charge in [-0.15, -0.1) is 11.3 Å². The molecule has 1 aromatic carbocycles. The summed E-state index contributed by atoms with van der Waals surface area (Å²) in [5, 5.41) is 4.32. The lowest BCUT2D eigenvalue weighted by Gasteiger charge is -2.06. The number of nitrogens with one attached hydrogen (secondary N) is 1. The Kier molecular flexibility index (Phi) is 4.20. The fourth-order valence-corrected chi connectivity index (χ4v) is 2.45. The fraction of sp³-hybridized carbons (Fsp3) is 0.357. The van der Waals surface area contributed by atoms with Gasteiger partial charge in [0.25, 0.3) is 0 Å². The maximum atomic E-state index is 5.48. The zero-order valence-electron chi connectivity index (χ0n) is 11.0. The van der Waals surface area contributed by atoms with E-state index in [1.165, 1.54) is 10.4 Å². The predicted molar refractivity (Wildman–Crippen MR) is 76.5 cm³/mol. The average molecular weight is 262 g/mol. The van der Waals surface area contributed by atoms with Crippen LogP contribution in [0.3, 0.4) is 0 Å². The number of benzene rings is 1. The Morgan fingerprint density at radius 3 is 2.83 bits per heavy atom. The van der Waals surface area contributed by atoms with Crippen LogP contribution in [0, 0.1) is 13.8 Å². The van der Waals surface area contributed by atoms with Crippen LogP contribution in [0.1, 0.15) is 23.1 Å². The van der Waals surface area contributed by atoms with Crippen LogP contribution < -0.4 is 10.1 Å². The van der Waals surface area contributed by atoms with E-state index in [9.17, 15) is 0 Å². The van der Waals surface area contributed by atoms with Crippen molar-refractivity contribution in [1.82, 2.24) is 4.98 Å². The van der Waals surface area contributed by atoms with Crippen LogP contribution in [0.5, 0.6) is 5.75 Å². The predicted octanol–water partition coefficient (Wildman–Crippen LogP) is 3.77. The molecule has 2 aromatic rings. The highest BCUT2D eigenvalue weighted by Crippen LogP contribution is 2.22. The van der Waals surface area contributed by atoms with E-state index in [0.29, 0.717) is 6.61 Å². The van der Waals surface area contributed by atoms with E-state index in [4.69, 9.17) is 4.74 Å². The Morgan fingerprint density at radius 2 is 2.17 bits per heavy atom. The van der Waals surface area contributed by atoms with Gasteiger partial charge < -0.3 is 10.1 Å². The molecule has 96 valence electrons. The number of anilines is 1. The van der Waals surface area contributed by atoms with E-state index < -0.39 is 0 Å². The van der Waals surface area contributed by atoms with Crippen LogP contribution in [-0.4, -0.2) is 11.6 Å². The summed E-state index contributed by atoms with van der Waals surface area (Å²) in [7, 11) is 0. The zero-order chi connectivity index (χ0) is 13.0. The molecule has 0 amide bonds. The number of hydrogen-bond acceptors (Lipinski definition) is 4. The summed E-state index contributed by atoms with van der Waals surface area (Å²) in [5.74, 6) is 0.920. The van der Waals surface area contributed by atoms with Gasteiger partial charge in [-0.25, -0.2) is 4.98 Å². The first-order valence-electron chi connectivity index (χ1n) is 6.08. The summed E-state index contributed by atoms with van der Waals surface area (Å²) in [6.07, 6.45) is 0. The molecule has 18 heavy (non-hydrogen) atoms. The molecule has 0 radical (unpaired) electrons. The first kappa shape index (κ1) is 12.9. The summed E-state index contributed by atoms with van der Waals surface area (Å²) < 4.78 is 5.48. The van der Waals surface area contributed by atoms with E-state index in [0.717, 1.165) is 23.1 Å². The molecule has 0 aliphatic heterocycles. The van der Waals surface area contributed by atoms with E-state index in [1.807, 2.05) is 26.0 Å². The Morgan fingerprint density at radius 1 is 1.33 bits per heavy atom. The summed E-state index contributed by atoms with van der Waals surface area (Å²) >= 11 is 1.69. The van der Waals surface area contributed by atoms with Crippen LogP contribution in [0.2, 0.25) is 0 Å². The highest BCUT2D eigenvalue weighted by molar-refractivity contribution is 7.15. The van der Waals surface area contributed by atoms with Crippen molar-refractivity contribution in [2.45, 2.75) is 27.3 Å². The van der Waals surface area contributed by atoms with Gasteiger partial charge in [0.05, 0.1) is 12.3 Å². The molecule has 1 heterocycles. The van der Waals surface area contributed by atoms with Gasteiger partial charge in [-0.2, -0.15) is 0 Å². The van der Waals surface area contributed by atoms with Crippen LogP contribution in [-0.2, 0) is 6.54 Å². The third kappa shape index (κ3) is 3.23. The molecule has 0 unspecified atom stereocenters. The molecule has 0 atom stereocenters. The molecule has 0 fully saturated rings. The topological polar surface area (TPSA) is 34.1 Å². The minimum Gasteiger partial charge on any atom is -0.494 e. The van der Waals surface area contributed by atoms with Gasteiger partial charge in [0.1, 0.15) is 5.75 Å². The SMILES string of the molecule is CCOc1cccc(CNc2nc(C)c(C)s2)c1. The Labute approximate surface area is 112 Å². The molecule has 1 aromatic heterocycles. The van der Waals surface area contributed by atoms with E-state index in [2.05, 4.69) is 29.4 Å². The monoisotopic (exact) mass is 262 g/mol. The Bertz CT molecular complexity index is 503. The van der Waals surface area contributed by atoms with Crippen molar-refractivity contribution in [3.8, 4) is 5.75 Å². The zero-order valence-corrected chi connectivity index (χ0v) is 11.8. The molecule has 3 nitrogen and oxygen atoms in total. The Hall–Kier alpha value is -1.55. The van der Waals surface area contributed by atoms with Crippen LogP contribution in [0.25, 0.3) is 0 Å². The van der Waals surface area contributed by atoms with Gasteiger partial charge in [0.15, 0.2) is 5.13 Å². The summed E-state index contributed by atoms with van der Waals surface area (Å²) in [6.45, 7) is 7.59. The number of aryl methyl sites for hydroxylation is 2.